The maximum atomic E-state index is 10.3. The first kappa shape index (κ1) is 11.0. The van der Waals surface area contributed by atoms with Gasteiger partial charge in [-0.1, -0.05) is 26.2 Å². The first-order chi connectivity index (χ1) is 6.68. The molecule has 0 aliphatic heterocycles. The Bertz CT molecular complexity index is 215. The number of nitrogens with two attached hydrogens (primary N) is 1. The third-order valence-electron chi connectivity index (χ3n) is 2.75. The van der Waals surface area contributed by atoms with Crippen molar-refractivity contribution in [3.05, 3.63) is 0 Å². The van der Waals surface area contributed by atoms with Gasteiger partial charge in [0.05, 0.1) is 0 Å². The van der Waals surface area contributed by atoms with Crippen LogP contribution in [0.25, 0.3) is 0 Å². The van der Waals surface area contributed by atoms with Crippen LogP contribution in [-0.2, 0) is 0 Å². The number of hydrogen-bond donors (Lipinski definition) is 2. The molecule has 0 aromatic carbocycles. The zero-order chi connectivity index (χ0) is 10.4. The van der Waals surface area contributed by atoms with Crippen molar-refractivity contribution in [1.82, 2.24) is 5.43 Å². The van der Waals surface area contributed by atoms with E-state index in [1.165, 1.54) is 25.7 Å². The number of urea groups is 1. The zero-order valence-electron chi connectivity index (χ0n) is 8.70. The summed E-state index contributed by atoms with van der Waals surface area (Å²) in [5.41, 5.74) is 7.07. The van der Waals surface area contributed by atoms with Crippen LogP contribution in [0.2, 0.25) is 0 Å². The van der Waals surface area contributed by atoms with Crippen molar-refractivity contribution in [3.63, 3.8) is 0 Å². The fraction of sp³-hybridized carbons (Fsp3) is 0.800. The molecule has 0 bridgehead atoms. The third-order valence-corrected chi connectivity index (χ3v) is 2.75. The molecule has 0 aromatic rings. The first-order valence-electron chi connectivity index (χ1n) is 5.25. The van der Waals surface area contributed by atoms with E-state index in [0.717, 1.165) is 18.3 Å². The Morgan fingerprint density at radius 3 is 3.07 bits per heavy atom. The number of carbonyl (C=O) groups is 1. The number of rotatable bonds is 3. The summed E-state index contributed by atoms with van der Waals surface area (Å²) in [6.07, 6.45) is 7.95. The summed E-state index contributed by atoms with van der Waals surface area (Å²) in [5.74, 6) is 1.57. The van der Waals surface area contributed by atoms with Crippen molar-refractivity contribution in [2.24, 2.45) is 22.7 Å². The van der Waals surface area contributed by atoms with Crippen LogP contribution in [0, 0.1) is 11.8 Å². The minimum Gasteiger partial charge on any atom is -0.350 e. The lowest BCUT2D eigenvalue weighted by Gasteiger charge is -2.25. The minimum absolute atomic E-state index is 0.599. The van der Waals surface area contributed by atoms with Crippen LogP contribution in [0.15, 0.2) is 5.10 Å². The molecule has 1 aliphatic rings. The maximum Gasteiger partial charge on any atom is 0.332 e. The molecule has 0 spiro atoms. The number of nitrogens with zero attached hydrogens (tertiary/aromatic N) is 1. The highest BCUT2D eigenvalue weighted by atomic mass is 16.2. The van der Waals surface area contributed by atoms with Crippen molar-refractivity contribution in [1.29, 1.82) is 0 Å². The summed E-state index contributed by atoms with van der Waals surface area (Å²) in [4.78, 5) is 10.3. The van der Waals surface area contributed by atoms with E-state index in [1.807, 2.05) is 0 Å². The quantitative estimate of drug-likeness (QED) is 0.526. The highest BCUT2D eigenvalue weighted by Crippen LogP contribution is 2.29. The molecule has 4 heteroatoms. The van der Waals surface area contributed by atoms with Crippen LogP contribution in [0.5, 0.6) is 0 Å². The Morgan fingerprint density at radius 1 is 1.64 bits per heavy atom. The summed E-state index contributed by atoms with van der Waals surface area (Å²) in [7, 11) is 0. The summed E-state index contributed by atoms with van der Waals surface area (Å²) in [5, 5.41) is 3.74. The molecule has 2 atom stereocenters. The zero-order valence-corrected chi connectivity index (χ0v) is 8.70. The van der Waals surface area contributed by atoms with Crippen molar-refractivity contribution in [3.8, 4) is 0 Å². The molecule has 1 saturated carbocycles. The number of hydrogen-bond acceptors (Lipinski definition) is 2. The van der Waals surface area contributed by atoms with Gasteiger partial charge in [-0.2, -0.15) is 5.10 Å². The van der Waals surface area contributed by atoms with E-state index < -0.39 is 6.03 Å². The second-order valence-corrected chi connectivity index (χ2v) is 4.16. The molecule has 2 unspecified atom stereocenters. The Labute approximate surface area is 84.9 Å². The summed E-state index contributed by atoms with van der Waals surface area (Å²) in [6.45, 7) is 2.30. The standard InChI is InChI=1S/C10H19N3O/c1-8-3-2-4-9(7-8)5-6-12-13-10(11)14/h6,8-9H,2-5,7H2,1H3,(H3,11,13,14)/b12-6+. The SMILES string of the molecule is CC1CCCC(C/C=N/NC(N)=O)C1. The normalized spacial score (nSPS) is 27.8. The predicted molar refractivity (Wildman–Crippen MR) is 57.0 cm³/mol. The monoisotopic (exact) mass is 197 g/mol. The van der Waals surface area contributed by atoms with Gasteiger partial charge in [0, 0.05) is 6.21 Å². The fourth-order valence-corrected chi connectivity index (χ4v) is 2.08. The summed E-state index contributed by atoms with van der Waals surface area (Å²) < 4.78 is 0. The molecule has 2 amide bonds. The van der Waals surface area contributed by atoms with Crippen molar-refractivity contribution >= 4 is 12.2 Å². The number of amides is 2. The van der Waals surface area contributed by atoms with Crippen molar-refractivity contribution < 1.29 is 4.79 Å². The molecule has 0 aromatic heterocycles. The van der Waals surface area contributed by atoms with E-state index in [1.54, 1.807) is 6.21 Å². The molecular formula is C10H19N3O. The Hall–Kier alpha value is -1.06. The van der Waals surface area contributed by atoms with Crippen LogP contribution in [-0.4, -0.2) is 12.2 Å². The van der Waals surface area contributed by atoms with Gasteiger partial charge in [0.25, 0.3) is 0 Å². The van der Waals surface area contributed by atoms with E-state index in [2.05, 4.69) is 17.5 Å². The lowest BCUT2D eigenvalue weighted by molar-refractivity contribution is 0.249. The van der Waals surface area contributed by atoms with Gasteiger partial charge in [-0.3, -0.25) is 0 Å². The number of primary amides is 1. The lowest BCUT2D eigenvalue weighted by Crippen LogP contribution is -2.24. The number of carbonyl (C=O) groups excluding carboxylic acids is 1. The topological polar surface area (TPSA) is 67.5 Å². The Balaban J connectivity index is 2.17. The van der Waals surface area contributed by atoms with Crippen molar-refractivity contribution in [2.75, 3.05) is 0 Å². The van der Waals surface area contributed by atoms with Crippen molar-refractivity contribution in [2.45, 2.75) is 39.0 Å². The first-order valence-corrected chi connectivity index (χ1v) is 5.25. The van der Waals surface area contributed by atoms with Gasteiger partial charge in [-0.05, 0) is 24.7 Å². The Kier molecular flexibility index (Phi) is 4.43. The number of hydrazone groups is 1. The van der Waals surface area contributed by atoms with Gasteiger partial charge < -0.3 is 5.73 Å². The van der Waals surface area contributed by atoms with Gasteiger partial charge in [0.1, 0.15) is 0 Å². The lowest BCUT2D eigenvalue weighted by atomic mass is 9.81. The van der Waals surface area contributed by atoms with Gasteiger partial charge >= 0.3 is 6.03 Å². The predicted octanol–water partition coefficient (Wildman–Crippen LogP) is 1.86. The molecule has 0 heterocycles. The number of nitrogens with one attached hydrogen (secondary N) is 1. The maximum absolute atomic E-state index is 10.3. The molecule has 1 rings (SSSR count). The highest BCUT2D eigenvalue weighted by molar-refractivity contribution is 5.72. The van der Waals surface area contributed by atoms with E-state index >= 15 is 0 Å². The highest BCUT2D eigenvalue weighted by Gasteiger charge is 2.17. The van der Waals surface area contributed by atoms with Crippen LogP contribution in [0.1, 0.15) is 39.0 Å². The second-order valence-electron chi connectivity index (χ2n) is 4.16. The Morgan fingerprint density at radius 2 is 2.43 bits per heavy atom. The largest absolute Gasteiger partial charge is 0.350 e. The molecule has 14 heavy (non-hydrogen) atoms. The molecule has 0 saturated heterocycles. The van der Waals surface area contributed by atoms with Crippen LogP contribution in [0.3, 0.4) is 0 Å². The van der Waals surface area contributed by atoms with Gasteiger partial charge in [-0.25, -0.2) is 10.2 Å². The molecule has 1 aliphatic carbocycles. The second kappa shape index (κ2) is 5.62. The summed E-state index contributed by atoms with van der Waals surface area (Å²) in [6, 6.07) is -0.599. The average Bonchev–Trinajstić information content (AvgIpc) is 2.12. The molecule has 0 radical (unpaired) electrons. The van der Waals surface area contributed by atoms with E-state index in [9.17, 15) is 4.79 Å². The van der Waals surface area contributed by atoms with Gasteiger partial charge in [0.2, 0.25) is 0 Å². The van der Waals surface area contributed by atoms with Crippen LogP contribution in [0.4, 0.5) is 4.79 Å². The van der Waals surface area contributed by atoms with E-state index in [0.29, 0.717) is 0 Å². The molecular weight excluding hydrogens is 178 g/mol. The summed E-state index contributed by atoms with van der Waals surface area (Å²) >= 11 is 0. The average molecular weight is 197 g/mol. The molecule has 80 valence electrons. The van der Waals surface area contributed by atoms with Crippen LogP contribution >= 0.6 is 0 Å². The molecule has 4 nitrogen and oxygen atoms in total. The fourth-order valence-electron chi connectivity index (χ4n) is 2.08. The van der Waals surface area contributed by atoms with Gasteiger partial charge in [0.15, 0.2) is 0 Å². The molecule has 1 fully saturated rings. The van der Waals surface area contributed by atoms with E-state index in [4.69, 9.17) is 5.73 Å². The molecule has 3 N–H and O–H groups in total. The smallest absolute Gasteiger partial charge is 0.332 e. The third kappa shape index (κ3) is 4.25. The van der Waals surface area contributed by atoms with Crippen LogP contribution < -0.4 is 11.2 Å². The van der Waals surface area contributed by atoms with E-state index in [-0.39, 0.29) is 0 Å². The van der Waals surface area contributed by atoms with Gasteiger partial charge in [-0.15, -0.1) is 0 Å². The minimum atomic E-state index is -0.599.